The van der Waals surface area contributed by atoms with Gasteiger partial charge in [0.2, 0.25) is 0 Å². The van der Waals surface area contributed by atoms with E-state index in [9.17, 15) is 5.11 Å². The predicted octanol–water partition coefficient (Wildman–Crippen LogP) is -0.618. The third kappa shape index (κ3) is 3.92. The Morgan fingerprint density at radius 2 is 2.33 bits per heavy atom. The van der Waals surface area contributed by atoms with Crippen molar-refractivity contribution in [2.45, 2.75) is 13.0 Å². The third-order valence-electron chi connectivity index (χ3n) is 0.401. The highest BCUT2D eigenvalue weighted by Gasteiger charge is 1.76. The Bertz CT molecular complexity index is 26.7. The van der Waals surface area contributed by atoms with E-state index in [1.165, 1.54) is 7.11 Å². The fourth-order valence-electron chi connectivity index (χ4n) is 0.235. The van der Waals surface area contributed by atoms with Crippen LogP contribution in [0.4, 0.5) is 0 Å². The van der Waals surface area contributed by atoms with Crippen molar-refractivity contribution >= 4 is 0 Å². The average Bonchev–Trinajstić information content (AvgIpc) is 1.35. The molecule has 0 spiro atoms. The van der Waals surface area contributed by atoms with E-state index in [1.54, 1.807) is 6.92 Å². The number of hydrogen-bond acceptors (Lipinski definition) is 2. The van der Waals surface area contributed by atoms with Crippen LogP contribution in [-0.4, -0.2) is 19.8 Å². The van der Waals surface area contributed by atoms with E-state index in [2.05, 4.69) is 4.74 Å². The van der Waals surface area contributed by atoms with Gasteiger partial charge in [-0.05, 0) is 0 Å². The van der Waals surface area contributed by atoms with Crippen molar-refractivity contribution in [2.75, 3.05) is 13.7 Å². The first-order valence-electron chi connectivity index (χ1n) is 1.92. The molecule has 1 unspecified atom stereocenters. The van der Waals surface area contributed by atoms with Crippen molar-refractivity contribution in [3.63, 3.8) is 0 Å². The van der Waals surface area contributed by atoms with Crippen LogP contribution in [0.3, 0.4) is 0 Å². The Balaban J connectivity index is 2.63. The molecule has 2 nitrogen and oxygen atoms in total. The summed E-state index contributed by atoms with van der Waals surface area (Å²) >= 11 is 0. The molecule has 0 amide bonds. The monoisotopic (exact) mass is 89.1 g/mol. The molecule has 0 saturated heterocycles. The zero-order valence-corrected chi connectivity index (χ0v) is 4.10. The summed E-state index contributed by atoms with van der Waals surface area (Å²) < 4.78 is 4.49. The molecule has 0 aromatic rings. The molecule has 0 heterocycles. The van der Waals surface area contributed by atoms with Gasteiger partial charge >= 0.3 is 0 Å². The van der Waals surface area contributed by atoms with Crippen molar-refractivity contribution in [2.24, 2.45) is 0 Å². The lowest BCUT2D eigenvalue weighted by Crippen LogP contribution is -2.25. The van der Waals surface area contributed by atoms with Gasteiger partial charge in [0.05, 0.1) is 0 Å². The van der Waals surface area contributed by atoms with Crippen molar-refractivity contribution < 1.29 is 9.84 Å². The van der Waals surface area contributed by atoms with Crippen LogP contribution in [0, 0.1) is 0 Å². The molecule has 0 N–H and O–H groups in total. The molecule has 0 aromatic carbocycles. The lowest BCUT2D eigenvalue weighted by molar-refractivity contribution is -0.420. The van der Waals surface area contributed by atoms with Gasteiger partial charge in [-0.15, -0.1) is 6.10 Å². The minimum absolute atomic E-state index is 0.319. The Labute approximate surface area is 37.7 Å². The maximum absolute atomic E-state index is 10.0. The van der Waals surface area contributed by atoms with Gasteiger partial charge in [0.25, 0.3) is 0 Å². The molecular weight excluding hydrogens is 80.0 g/mol. The lowest BCUT2D eigenvalue weighted by atomic mass is 10.5. The summed E-state index contributed by atoms with van der Waals surface area (Å²) in [5.41, 5.74) is 0. The third-order valence-corrected chi connectivity index (χ3v) is 0.401. The van der Waals surface area contributed by atoms with Crippen LogP contribution >= 0.6 is 0 Å². The predicted molar refractivity (Wildman–Crippen MR) is 21.3 cm³/mol. The molecule has 0 radical (unpaired) electrons. The van der Waals surface area contributed by atoms with E-state index in [1.807, 2.05) is 0 Å². The molecule has 6 heavy (non-hydrogen) atoms. The average molecular weight is 89.1 g/mol. The van der Waals surface area contributed by atoms with E-state index in [0.717, 1.165) is 0 Å². The number of rotatable bonds is 2. The fourth-order valence-corrected chi connectivity index (χ4v) is 0.235. The van der Waals surface area contributed by atoms with E-state index >= 15 is 0 Å². The highest BCUT2D eigenvalue weighted by molar-refractivity contribution is 4.34. The molecule has 0 rings (SSSR count). The smallest absolute Gasteiger partial charge is 0.0354 e. The van der Waals surface area contributed by atoms with Gasteiger partial charge in [0.15, 0.2) is 0 Å². The standard InChI is InChI=1S/C4H9O2/c1-4(5)3-6-2/h4H,3H2,1-2H3/q-1. The molecule has 0 aromatic heterocycles. The highest BCUT2D eigenvalue weighted by Crippen LogP contribution is 1.70. The maximum Gasteiger partial charge on any atom is 0.0354 e. The Hall–Kier alpha value is -0.0800. The molecule has 0 bridgehead atoms. The number of hydrogen-bond donors (Lipinski definition) is 0. The van der Waals surface area contributed by atoms with Crippen LogP contribution < -0.4 is 5.11 Å². The molecule has 38 valence electrons. The lowest BCUT2D eigenvalue weighted by Gasteiger charge is -2.12. The summed E-state index contributed by atoms with van der Waals surface area (Å²) in [4.78, 5) is 0. The molecule has 1 atom stereocenters. The van der Waals surface area contributed by atoms with E-state index in [4.69, 9.17) is 0 Å². The second kappa shape index (κ2) is 3.12. The number of ether oxygens (including phenoxy) is 1. The maximum atomic E-state index is 10.0. The first-order chi connectivity index (χ1) is 2.77. The second-order valence-electron chi connectivity index (χ2n) is 1.27. The van der Waals surface area contributed by atoms with Gasteiger partial charge in [-0.25, -0.2) is 0 Å². The van der Waals surface area contributed by atoms with Gasteiger partial charge in [0, 0.05) is 13.7 Å². The molecule has 0 fully saturated rings. The minimum atomic E-state index is -0.574. The van der Waals surface area contributed by atoms with Crippen LogP contribution in [0.25, 0.3) is 0 Å². The molecule has 0 aliphatic rings. The Kier molecular flexibility index (Phi) is 3.08. The van der Waals surface area contributed by atoms with E-state index in [0.29, 0.717) is 6.61 Å². The summed E-state index contributed by atoms with van der Waals surface area (Å²) in [6.45, 7) is 1.89. The molecule has 2 heteroatoms. The highest BCUT2D eigenvalue weighted by atomic mass is 16.5. The Morgan fingerprint density at radius 1 is 1.83 bits per heavy atom. The molecule has 0 aliphatic heterocycles. The van der Waals surface area contributed by atoms with Gasteiger partial charge in [-0.1, -0.05) is 6.92 Å². The first kappa shape index (κ1) is 5.92. The van der Waals surface area contributed by atoms with Gasteiger partial charge in [0.1, 0.15) is 0 Å². The van der Waals surface area contributed by atoms with Crippen molar-refractivity contribution in [3.05, 3.63) is 0 Å². The van der Waals surface area contributed by atoms with Crippen molar-refractivity contribution in [3.8, 4) is 0 Å². The van der Waals surface area contributed by atoms with Crippen LogP contribution in [-0.2, 0) is 4.74 Å². The van der Waals surface area contributed by atoms with Crippen LogP contribution in [0.15, 0.2) is 0 Å². The topological polar surface area (TPSA) is 32.3 Å². The zero-order chi connectivity index (χ0) is 4.99. The first-order valence-corrected chi connectivity index (χ1v) is 1.92. The van der Waals surface area contributed by atoms with E-state index in [-0.39, 0.29) is 0 Å². The quantitative estimate of drug-likeness (QED) is 0.451. The fraction of sp³-hybridized carbons (Fsp3) is 1.00. The molecule has 0 saturated carbocycles. The summed E-state index contributed by atoms with van der Waals surface area (Å²) in [6.07, 6.45) is -0.574. The normalized spacial score (nSPS) is 14.5. The Morgan fingerprint density at radius 3 is 2.33 bits per heavy atom. The second-order valence-corrected chi connectivity index (χ2v) is 1.27. The summed E-state index contributed by atoms with van der Waals surface area (Å²) in [5, 5.41) is 10.0. The summed E-state index contributed by atoms with van der Waals surface area (Å²) in [7, 11) is 1.52. The zero-order valence-electron chi connectivity index (χ0n) is 4.10. The van der Waals surface area contributed by atoms with Crippen LogP contribution in [0.5, 0.6) is 0 Å². The van der Waals surface area contributed by atoms with Crippen molar-refractivity contribution in [1.82, 2.24) is 0 Å². The van der Waals surface area contributed by atoms with Gasteiger partial charge in [-0.2, -0.15) is 0 Å². The number of methoxy groups -OCH3 is 1. The van der Waals surface area contributed by atoms with Crippen LogP contribution in [0.2, 0.25) is 0 Å². The SMILES string of the molecule is COCC(C)[O-]. The van der Waals surface area contributed by atoms with Gasteiger partial charge < -0.3 is 9.84 Å². The van der Waals surface area contributed by atoms with Crippen LogP contribution in [0.1, 0.15) is 6.92 Å². The van der Waals surface area contributed by atoms with Crippen molar-refractivity contribution in [1.29, 1.82) is 0 Å². The van der Waals surface area contributed by atoms with E-state index < -0.39 is 6.10 Å². The summed E-state index contributed by atoms with van der Waals surface area (Å²) in [6, 6.07) is 0. The minimum Gasteiger partial charge on any atom is -0.851 e. The van der Waals surface area contributed by atoms with Gasteiger partial charge in [-0.3, -0.25) is 0 Å². The molecular formula is C4H9O2-. The molecule has 0 aliphatic carbocycles. The summed E-state index contributed by atoms with van der Waals surface area (Å²) in [5.74, 6) is 0. The largest absolute Gasteiger partial charge is 0.851 e.